The molecule has 0 saturated heterocycles. The van der Waals surface area contributed by atoms with Crippen LogP contribution in [0.4, 0.5) is 0 Å². The SMILES string of the molecule is CCCCCC/C=C\C=C/CCCCCCCC(=O)O[C@H](COC(=O)CCCCCCCCCC(C)C)COP(=O)(O)OC[C@@H](O)COP(=O)(O)OC[C@@H](COC(=O)CCCCCCCCC(C)C)OC(=O)CCCCCCCCCCCCCCC(C)C. The number of carbonyl (C=O) groups excluding carboxylic acids is 4. The lowest BCUT2D eigenvalue weighted by atomic mass is 10.0. The van der Waals surface area contributed by atoms with Crippen molar-refractivity contribution in [2.24, 2.45) is 17.8 Å². The van der Waals surface area contributed by atoms with Gasteiger partial charge in [-0.05, 0) is 69.1 Å². The van der Waals surface area contributed by atoms with Crippen LogP contribution in [0.5, 0.6) is 0 Å². The quantitative estimate of drug-likeness (QED) is 0.0169. The van der Waals surface area contributed by atoms with Crippen LogP contribution in [0.25, 0.3) is 0 Å². The van der Waals surface area contributed by atoms with Gasteiger partial charge in [-0.15, -0.1) is 0 Å². The molecule has 0 bridgehead atoms. The van der Waals surface area contributed by atoms with Crippen LogP contribution in [0, 0.1) is 17.8 Å². The van der Waals surface area contributed by atoms with Crippen LogP contribution < -0.4 is 0 Å². The van der Waals surface area contributed by atoms with Gasteiger partial charge in [-0.3, -0.25) is 37.3 Å². The molecule has 0 radical (unpaired) electrons. The lowest BCUT2D eigenvalue weighted by molar-refractivity contribution is -0.161. The molecule has 3 N–H and O–H groups in total. The van der Waals surface area contributed by atoms with Crippen LogP contribution in [-0.4, -0.2) is 96.7 Å². The molecular formula is C70H132O17P2. The topological polar surface area (TPSA) is 237 Å². The van der Waals surface area contributed by atoms with Crippen LogP contribution in [-0.2, 0) is 65.4 Å². The maximum absolute atomic E-state index is 13.0. The zero-order chi connectivity index (χ0) is 65.9. The van der Waals surface area contributed by atoms with Crippen molar-refractivity contribution >= 4 is 39.5 Å². The fourth-order valence-electron chi connectivity index (χ4n) is 10.0. The minimum atomic E-state index is -4.96. The van der Waals surface area contributed by atoms with Gasteiger partial charge >= 0.3 is 39.5 Å². The Morgan fingerprint density at radius 3 is 0.910 bits per heavy atom. The van der Waals surface area contributed by atoms with Gasteiger partial charge in [0.15, 0.2) is 12.2 Å². The van der Waals surface area contributed by atoms with Crippen molar-refractivity contribution in [3.63, 3.8) is 0 Å². The fraction of sp³-hybridized carbons (Fsp3) is 0.886. The lowest BCUT2D eigenvalue weighted by Gasteiger charge is -2.21. The molecule has 17 nitrogen and oxygen atoms in total. The summed E-state index contributed by atoms with van der Waals surface area (Å²) < 4.78 is 68.2. The van der Waals surface area contributed by atoms with Crippen LogP contribution in [0.3, 0.4) is 0 Å². The highest BCUT2D eigenvalue weighted by Crippen LogP contribution is 2.45. The number of esters is 4. The van der Waals surface area contributed by atoms with Crippen LogP contribution >= 0.6 is 15.6 Å². The third-order valence-corrected chi connectivity index (χ3v) is 17.4. The zero-order valence-corrected chi connectivity index (χ0v) is 59.2. The Kier molecular flexibility index (Phi) is 58.8. The summed E-state index contributed by atoms with van der Waals surface area (Å²) in [6.45, 7) is 11.6. The van der Waals surface area contributed by atoms with E-state index in [0.717, 1.165) is 121 Å². The Bertz CT molecular complexity index is 1840. The van der Waals surface area contributed by atoms with Gasteiger partial charge in [0.05, 0.1) is 26.4 Å². The maximum Gasteiger partial charge on any atom is 0.472 e. The molecule has 0 fully saturated rings. The van der Waals surface area contributed by atoms with Gasteiger partial charge < -0.3 is 33.8 Å². The number of hydrogen-bond acceptors (Lipinski definition) is 15. The molecule has 5 atom stereocenters. The average Bonchev–Trinajstić information content (AvgIpc) is 3.70. The molecular weight excluding hydrogens is 1170 g/mol. The Balaban J connectivity index is 5.27. The molecule has 0 rings (SSSR count). The summed E-state index contributed by atoms with van der Waals surface area (Å²) in [5.41, 5.74) is 0. The molecule has 524 valence electrons. The largest absolute Gasteiger partial charge is 0.472 e. The van der Waals surface area contributed by atoms with Crippen molar-refractivity contribution in [2.75, 3.05) is 39.6 Å². The van der Waals surface area contributed by atoms with E-state index in [4.69, 9.17) is 37.0 Å². The van der Waals surface area contributed by atoms with E-state index in [-0.39, 0.29) is 25.7 Å². The van der Waals surface area contributed by atoms with Gasteiger partial charge in [0, 0.05) is 25.7 Å². The van der Waals surface area contributed by atoms with Crippen LogP contribution in [0.2, 0.25) is 0 Å². The highest BCUT2D eigenvalue weighted by molar-refractivity contribution is 7.47. The van der Waals surface area contributed by atoms with E-state index in [1.54, 1.807) is 0 Å². The summed E-state index contributed by atoms with van der Waals surface area (Å²) in [5.74, 6) is -0.00563. The number of aliphatic hydroxyl groups is 1. The average molecular weight is 1310 g/mol. The second-order valence-corrected chi connectivity index (χ2v) is 28.9. The van der Waals surface area contributed by atoms with E-state index in [1.165, 1.54) is 109 Å². The van der Waals surface area contributed by atoms with Gasteiger partial charge in [-0.2, -0.15) is 0 Å². The molecule has 0 spiro atoms. The molecule has 19 heteroatoms. The molecule has 0 amide bonds. The van der Waals surface area contributed by atoms with E-state index in [1.807, 2.05) is 0 Å². The molecule has 0 aliphatic rings. The summed E-state index contributed by atoms with van der Waals surface area (Å²) in [6.07, 6.45) is 46.9. The Hall–Kier alpha value is -2.46. The van der Waals surface area contributed by atoms with Crippen molar-refractivity contribution in [1.29, 1.82) is 0 Å². The lowest BCUT2D eigenvalue weighted by Crippen LogP contribution is -2.30. The molecule has 0 aliphatic heterocycles. The van der Waals surface area contributed by atoms with Crippen LogP contribution in [0.15, 0.2) is 24.3 Å². The number of unbranched alkanes of at least 4 members (excludes halogenated alkanes) is 31. The fourth-order valence-corrected chi connectivity index (χ4v) is 11.6. The molecule has 89 heavy (non-hydrogen) atoms. The van der Waals surface area contributed by atoms with E-state index in [9.17, 15) is 43.2 Å². The number of phosphoric acid groups is 2. The van der Waals surface area contributed by atoms with Gasteiger partial charge in [0.1, 0.15) is 19.3 Å². The summed E-state index contributed by atoms with van der Waals surface area (Å²) in [4.78, 5) is 72.4. The number of ether oxygens (including phenoxy) is 4. The third-order valence-electron chi connectivity index (χ3n) is 15.5. The molecule has 0 aromatic heterocycles. The second-order valence-electron chi connectivity index (χ2n) is 26.0. The minimum absolute atomic E-state index is 0.0837. The monoisotopic (exact) mass is 1310 g/mol. The highest BCUT2D eigenvalue weighted by Gasteiger charge is 2.30. The molecule has 0 saturated carbocycles. The molecule has 0 aliphatic carbocycles. The van der Waals surface area contributed by atoms with Gasteiger partial charge in [-0.25, -0.2) is 9.13 Å². The predicted octanol–water partition coefficient (Wildman–Crippen LogP) is 19.4. The Labute approximate surface area is 542 Å². The van der Waals surface area contributed by atoms with E-state index >= 15 is 0 Å². The second kappa shape index (κ2) is 60.5. The normalized spacial score (nSPS) is 14.4. The predicted molar refractivity (Wildman–Crippen MR) is 358 cm³/mol. The molecule has 0 aromatic rings. The maximum atomic E-state index is 13.0. The Morgan fingerprint density at radius 1 is 0.348 bits per heavy atom. The number of carbonyl (C=O) groups is 4. The van der Waals surface area contributed by atoms with Gasteiger partial charge in [0.25, 0.3) is 0 Å². The summed E-state index contributed by atoms with van der Waals surface area (Å²) >= 11 is 0. The first kappa shape index (κ1) is 86.5. The standard InChI is InChI=1S/C70H132O17P2/c1-8-9-10-11-12-13-14-15-16-17-21-24-29-39-46-53-69(74)86-65(57-80-67(72)51-44-37-31-26-28-35-42-49-62(4)5)59-84-88(76,77)82-55-64(71)56-83-89(78,79)85-60-66(58-81-68(73)52-45-38-33-32-36-43-50-63(6)7)87-70(75)54-47-40-30-25-22-19-18-20-23-27-34-41-48-61(2)3/h13-16,61-66,71H,8-12,17-60H2,1-7H3,(H,76,77)(H,78,79)/b14-13-,16-15-/t64-,65-,66-/m1/s1. The first-order valence-corrected chi connectivity index (χ1v) is 38.7. The van der Waals surface area contributed by atoms with Crippen molar-refractivity contribution < 1.29 is 80.2 Å². The summed E-state index contributed by atoms with van der Waals surface area (Å²) in [7, 11) is -9.91. The first-order valence-electron chi connectivity index (χ1n) is 35.7. The number of allylic oxidation sites excluding steroid dienone is 4. The van der Waals surface area contributed by atoms with Crippen molar-refractivity contribution in [2.45, 2.75) is 343 Å². The van der Waals surface area contributed by atoms with Crippen molar-refractivity contribution in [3.05, 3.63) is 24.3 Å². The Morgan fingerprint density at radius 2 is 0.607 bits per heavy atom. The summed E-state index contributed by atoms with van der Waals surface area (Å²) in [5, 5.41) is 10.6. The minimum Gasteiger partial charge on any atom is -0.462 e. The molecule has 0 aromatic carbocycles. The third kappa shape index (κ3) is 64.1. The van der Waals surface area contributed by atoms with Crippen LogP contribution in [0.1, 0.15) is 325 Å². The van der Waals surface area contributed by atoms with E-state index < -0.39 is 97.5 Å². The number of hydrogen-bond donors (Lipinski definition) is 3. The zero-order valence-electron chi connectivity index (χ0n) is 57.4. The molecule has 0 heterocycles. The number of aliphatic hydroxyl groups excluding tert-OH is 1. The van der Waals surface area contributed by atoms with E-state index in [2.05, 4.69) is 72.8 Å². The first-order chi connectivity index (χ1) is 42.7. The van der Waals surface area contributed by atoms with Gasteiger partial charge in [0.2, 0.25) is 0 Å². The highest BCUT2D eigenvalue weighted by atomic mass is 31.2. The number of rotatable bonds is 66. The summed E-state index contributed by atoms with van der Waals surface area (Å²) in [6, 6.07) is 0. The van der Waals surface area contributed by atoms with E-state index in [0.29, 0.717) is 37.5 Å². The smallest absolute Gasteiger partial charge is 0.462 e. The molecule has 2 unspecified atom stereocenters. The number of phosphoric ester groups is 2. The van der Waals surface area contributed by atoms with Crippen molar-refractivity contribution in [1.82, 2.24) is 0 Å². The van der Waals surface area contributed by atoms with Crippen molar-refractivity contribution in [3.8, 4) is 0 Å². The van der Waals surface area contributed by atoms with Gasteiger partial charge in [-0.1, -0.05) is 272 Å².